The van der Waals surface area contributed by atoms with E-state index in [4.69, 9.17) is 5.73 Å². The van der Waals surface area contributed by atoms with Crippen LogP contribution in [0.1, 0.15) is 36.0 Å². The molecule has 1 fully saturated rings. The Bertz CT molecular complexity index is 811. The zero-order chi connectivity index (χ0) is 20.6. The van der Waals surface area contributed by atoms with E-state index in [0.29, 0.717) is 31.9 Å². The van der Waals surface area contributed by atoms with E-state index in [2.05, 4.69) is 25.3 Å². The Labute approximate surface area is 174 Å². The van der Waals surface area contributed by atoms with E-state index in [1.807, 2.05) is 42.5 Å². The lowest BCUT2D eigenvalue weighted by Gasteiger charge is -2.24. The second-order valence-electron chi connectivity index (χ2n) is 7.98. The summed E-state index contributed by atoms with van der Waals surface area (Å²) in [4.78, 5) is 27.3. The first kappa shape index (κ1) is 21.1. The molecule has 1 unspecified atom stereocenters. The minimum absolute atomic E-state index is 0.0614. The van der Waals surface area contributed by atoms with Gasteiger partial charge in [-0.15, -0.1) is 0 Å². The molecule has 2 amide bonds. The number of nitrogens with two attached hydrogens (primary N) is 1. The van der Waals surface area contributed by atoms with Gasteiger partial charge in [-0.3, -0.25) is 9.59 Å². The lowest BCUT2D eigenvalue weighted by molar-refractivity contribution is -0.138. The Kier molecular flexibility index (Phi) is 7.47. The first-order chi connectivity index (χ1) is 14.1. The third kappa shape index (κ3) is 5.94. The number of carbonyl (C=O) groups excluding carboxylic acids is 2. The minimum atomic E-state index is -0.363. The Morgan fingerprint density at radius 3 is 2.41 bits per heavy atom. The number of rotatable bonds is 8. The molecule has 0 spiro atoms. The minimum Gasteiger partial charge on any atom is -0.350 e. The van der Waals surface area contributed by atoms with Crippen molar-refractivity contribution >= 4 is 19.7 Å². The maximum Gasteiger partial charge on any atom is 0.243 e. The third-order valence-corrected chi connectivity index (χ3v) is 5.56. The summed E-state index contributed by atoms with van der Waals surface area (Å²) in [6, 6.07) is 17.7. The molecule has 1 aliphatic heterocycles. The Balaban J connectivity index is 1.51. The molecule has 0 aliphatic carbocycles. The Hall–Kier alpha value is -2.60. The maximum absolute atomic E-state index is 12.8. The summed E-state index contributed by atoms with van der Waals surface area (Å²) in [6.07, 6.45) is 2.88. The molecule has 1 aliphatic rings. The van der Waals surface area contributed by atoms with Crippen molar-refractivity contribution in [3.63, 3.8) is 0 Å². The zero-order valence-corrected chi connectivity index (χ0v) is 17.1. The van der Waals surface area contributed by atoms with E-state index < -0.39 is 0 Å². The van der Waals surface area contributed by atoms with Crippen molar-refractivity contribution in [1.29, 1.82) is 0 Å². The molecule has 2 aromatic rings. The van der Waals surface area contributed by atoms with Gasteiger partial charge in [-0.25, -0.2) is 0 Å². The van der Waals surface area contributed by atoms with Crippen LogP contribution < -0.4 is 11.1 Å². The van der Waals surface area contributed by atoms with Crippen molar-refractivity contribution in [1.82, 2.24) is 10.2 Å². The van der Waals surface area contributed by atoms with Crippen molar-refractivity contribution in [3.05, 3.63) is 71.3 Å². The monoisotopic (exact) mass is 391 g/mol. The zero-order valence-electron chi connectivity index (χ0n) is 17.1. The number of nitrogens with one attached hydrogen (secondary N) is 1. The van der Waals surface area contributed by atoms with Gasteiger partial charge in [0.05, 0.1) is 0 Å². The topological polar surface area (TPSA) is 75.4 Å². The van der Waals surface area contributed by atoms with Crippen molar-refractivity contribution in [3.8, 4) is 0 Å². The van der Waals surface area contributed by atoms with Gasteiger partial charge in [-0.05, 0) is 41.8 Å². The third-order valence-electron chi connectivity index (χ3n) is 5.56. The van der Waals surface area contributed by atoms with Crippen molar-refractivity contribution in [2.24, 2.45) is 5.73 Å². The normalized spacial score (nSPS) is 18.6. The smallest absolute Gasteiger partial charge is 0.243 e. The van der Waals surface area contributed by atoms with Gasteiger partial charge in [-0.2, -0.15) is 0 Å². The molecule has 29 heavy (non-hydrogen) atoms. The van der Waals surface area contributed by atoms with Crippen LogP contribution in [0.2, 0.25) is 5.82 Å². The number of hydrogen-bond donors (Lipinski definition) is 2. The van der Waals surface area contributed by atoms with Gasteiger partial charge in [0.2, 0.25) is 11.8 Å². The molecule has 1 saturated heterocycles. The average molecular weight is 391 g/mol. The molecule has 152 valence electrons. The van der Waals surface area contributed by atoms with Crippen molar-refractivity contribution in [2.45, 2.75) is 50.6 Å². The number of nitrogens with zero attached hydrogens (tertiary/aromatic N) is 1. The van der Waals surface area contributed by atoms with Gasteiger partial charge >= 0.3 is 0 Å². The number of hydrogen-bond acceptors (Lipinski definition) is 3. The van der Waals surface area contributed by atoms with E-state index in [1.54, 1.807) is 4.90 Å². The molecular weight excluding hydrogens is 361 g/mol. The lowest BCUT2D eigenvalue weighted by Crippen LogP contribution is -2.45. The summed E-state index contributed by atoms with van der Waals surface area (Å²) in [6.45, 7) is 1.63. The summed E-state index contributed by atoms with van der Waals surface area (Å²) >= 11 is 0. The number of amides is 2. The molecule has 0 bridgehead atoms. The highest BCUT2D eigenvalue weighted by atomic mass is 16.2. The van der Waals surface area contributed by atoms with Crippen LogP contribution in [0.15, 0.2) is 54.6 Å². The predicted octanol–water partition coefficient (Wildman–Crippen LogP) is 1.81. The molecule has 0 aromatic heterocycles. The van der Waals surface area contributed by atoms with Crippen LogP contribution in [-0.2, 0) is 29.1 Å². The first-order valence-electron chi connectivity index (χ1n) is 10.5. The van der Waals surface area contributed by atoms with Gasteiger partial charge in [0.25, 0.3) is 0 Å². The molecule has 0 radical (unpaired) electrons. The summed E-state index contributed by atoms with van der Waals surface area (Å²) in [5.41, 5.74) is 8.96. The molecule has 2 aromatic carbocycles. The summed E-state index contributed by atoms with van der Waals surface area (Å²) < 4.78 is 0. The van der Waals surface area contributed by atoms with Crippen LogP contribution in [0.5, 0.6) is 0 Å². The fourth-order valence-corrected chi connectivity index (χ4v) is 3.90. The van der Waals surface area contributed by atoms with Crippen LogP contribution in [0.4, 0.5) is 0 Å². The fraction of sp³-hybridized carbons (Fsp3) is 0.391. The van der Waals surface area contributed by atoms with E-state index >= 15 is 0 Å². The highest BCUT2D eigenvalue weighted by molar-refractivity contribution is 6.12. The second-order valence-corrected chi connectivity index (χ2v) is 7.98. The van der Waals surface area contributed by atoms with E-state index in [9.17, 15) is 9.59 Å². The van der Waals surface area contributed by atoms with Crippen LogP contribution >= 0.6 is 0 Å². The summed E-state index contributed by atoms with van der Waals surface area (Å²) in [7, 11) is 2.10. The molecule has 3 N–H and O–H groups in total. The van der Waals surface area contributed by atoms with E-state index in [-0.39, 0.29) is 17.9 Å². The van der Waals surface area contributed by atoms with Crippen molar-refractivity contribution < 1.29 is 9.59 Å². The predicted molar refractivity (Wildman–Crippen MR) is 118 cm³/mol. The van der Waals surface area contributed by atoms with E-state index in [1.165, 1.54) is 5.56 Å². The van der Waals surface area contributed by atoms with Gasteiger partial charge in [0.1, 0.15) is 13.9 Å². The van der Waals surface area contributed by atoms with Crippen LogP contribution in [0.3, 0.4) is 0 Å². The molecule has 1 heterocycles. The van der Waals surface area contributed by atoms with Crippen LogP contribution in [0.25, 0.3) is 0 Å². The van der Waals surface area contributed by atoms with Crippen molar-refractivity contribution in [2.75, 3.05) is 6.54 Å². The van der Waals surface area contributed by atoms with Crippen LogP contribution in [0, 0.1) is 0 Å². The summed E-state index contributed by atoms with van der Waals surface area (Å²) in [5, 5.41) is 3.00. The molecule has 0 saturated carbocycles. The Morgan fingerprint density at radius 2 is 1.72 bits per heavy atom. The first-order valence-corrected chi connectivity index (χ1v) is 10.5. The Morgan fingerprint density at radius 1 is 1.03 bits per heavy atom. The maximum atomic E-state index is 12.8. The SMILES string of the molecule is BC1C[C@@H](C(=O)NCc2ccc(CN)cc2)N(C(=O)CCCc2ccccc2)C1. The molecular formula is C23H30BN3O2. The lowest BCUT2D eigenvalue weighted by atomic mass is 9.85. The summed E-state index contributed by atoms with van der Waals surface area (Å²) in [5.74, 6) is 0.360. The highest BCUT2D eigenvalue weighted by Gasteiger charge is 2.37. The molecule has 5 nitrogen and oxygen atoms in total. The van der Waals surface area contributed by atoms with E-state index in [0.717, 1.165) is 30.4 Å². The fourth-order valence-electron chi connectivity index (χ4n) is 3.90. The number of carbonyl (C=O) groups is 2. The highest BCUT2D eigenvalue weighted by Crippen LogP contribution is 2.26. The standard InChI is InChI=1S/C23H30BN3O2/c24-20-13-21(23(29)26-15-19-11-9-18(14-25)10-12-19)27(16-20)22(28)8-4-7-17-5-2-1-3-6-17/h1-3,5-6,9-12,20-21H,4,7-8,13-16,24-25H2,(H,26,29)/t20?,21-/m0/s1. The molecule has 2 atom stereocenters. The quantitative estimate of drug-likeness (QED) is 0.674. The average Bonchev–Trinajstić information content (AvgIpc) is 3.15. The van der Waals surface area contributed by atoms with Gasteiger partial charge < -0.3 is 16.0 Å². The van der Waals surface area contributed by atoms with Crippen LogP contribution in [-0.4, -0.2) is 37.1 Å². The molecule has 3 rings (SSSR count). The largest absolute Gasteiger partial charge is 0.350 e. The number of benzene rings is 2. The second kappa shape index (κ2) is 10.3. The van der Waals surface area contributed by atoms with Gasteiger partial charge in [-0.1, -0.05) is 54.6 Å². The van der Waals surface area contributed by atoms with Gasteiger partial charge in [0, 0.05) is 26.1 Å². The molecule has 6 heteroatoms. The number of likely N-dealkylation sites (tertiary alicyclic amines) is 1. The van der Waals surface area contributed by atoms with Gasteiger partial charge in [0.15, 0.2) is 0 Å². The number of aryl methyl sites for hydroxylation is 1.